The van der Waals surface area contributed by atoms with Crippen LogP contribution in [0, 0.1) is 6.92 Å². The van der Waals surface area contributed by atoms with E-state index in [0.717, 1.165) is 5.56 Å². The molecule has 162 valence electrons. The molecule has 7 nitrogen and oxygen atoms in total. The molecule has 2 heterocycles. The number of amides is 1. The molecular formula is C24H23N5O2S. The van der Waals surface area contributed by atoms with E-state index in [-0.39, 0.29) is 17.2 Å². The lowest BCUT2D eigenvalue weighted by Gasteiger charge is -2.18. The van der Waals surface area contributed by atoms with E-state index in [1.807, 2.05) is 53.8 Å². The molecular weight excluding hydrogens is 422 g/mol. The molecule has 0 aliphatic heterocycles. The van der Waals surface area contributed by atoms with Crippen molar-refractivity contribution in [2.45, 2.75) is 12.1 Å². The van der Waals surface area contributed by atoms with Crippen LogP contribution in [-0.4, -0.2) is 48.8 Å². The normalized spacial score (nSPS) is 11.0. The van der Waals surface area contributed by atoms with Crippen LogP contribution in [0.4, 0.5) is 0 Å². The molecule has 32 heavy (non-hydrogen) atoms. The summed E-state index contributed by atoms with van der Waals surface area (Å²) in [6, 6.07) is 15.0. The van der Waals surface area contributed by atoms with Gasteiger partial charge in [-0.1, -0.05) is 53.7 Å². The van der Waals surface area contributed by atoms with Crippen LogP contribution in [0.15, 0.2) is 83.8 Å². The third kappa shape index (κ3) is 3.97. The van der Waals surface area contributed by atoms with Gasteiger partial charge in [0.05, 0.1) is 22.3 Å². The topological polar surface area (TPSA) is 72.5 Å². The minimum atomic E-state index is -0.167. The predicted molar refractivity (Wildman–Crippen MR) is 129 cm³/mol. The predicted octanol–water partition coefficient (Wildman–Crippen LogP) is 3.63. The van der Waals surface area contributed by atoms with E-state index in [1.165, 1.54) is 11.8 Å². The number of hydrogen-bond donors (Lipinski definition) is 0. The summed E-state index contributed by atoms with van der Waals surface area (Å²) in [5.74, 6) is 0.532. The highest BCUT2D eigenvalue weighted by Crippen LogP contribution is 2.23. The molecule has 0 bridgehead atoms. The number of thioether (sulfide) groups is 1. The van der Waals surface area contributed by atoms with Crippen molar-refractivity contribution in [3.05, 3.63) is 89.8 Å². The van der Waals surface area contributed by atoms with Gasteiger partial charge in [-0.05, 0) is 31.2 Å². The summed E-state index contributed by atoms with van der Waals surface area (Å²) < 4.78 is 3.39. The van der Waals surface area contributed by atoms with Crippen LogP contribution in [-0.2, 0) is 4.79 Å². The van der Waals surface area contributed by atoms with E-state index in [4.69, 9.17) is 0 Å². The molecule has 0 fully saturated rings. The number of aromatic nitrogens is 4. The molecule has 0 unspecified atom stereocenters. The molecule has 0 spiro atoms. The van der Waals surface area contributed by atoms with Crippen molar-refractivity contribution in [1.82, 2.24) is 24.1 Å². The fourth-order valence-electron chi connectivity index (χ4n) is 3.51. The van der Waals surface area contributed by atoms with Gasteiger partial charge >= 0.3 is 0 Å². The van der Waals surface area contributed by atoms with Crippen LogP contribution < -0.4 is 5.56 Å². The Kier molecular flexibility index (Phi) is 6.23. The molecule has 1 amide bonds. The van der Waals surface area contributed by atoms with Gasteiger partial charge < -0.3 is 4.90 Å². The van der Waals surface area contributed by atoms with Gasteiger partial charge in [0.25, 0.3) is 5.56 Å². The fraction of sp³-hybridized carbons (Fsp3) is 0.167. The van der Waals surface area contributed by atoms with Crippen molar-refractivity contribution in [1.29, 1.82) is 0 Å². The van der Waals surface area contributed by atoms with Crippen molar-refractivity contribution in [3.8, 4) is 5.69 Å². The summed E-state index contributed by atoms with van der Waals surface area (Å²) in [6.45, 7) is 10.3. The zero-order valence-electron chi connectivity index (χ0n) is 17.8. The molecule has 0 aliphatic carbocycles. The van der Waals surface area contributed by atoms with Gasteiger partial charge in [-0.3, -0.25) is 14.0 Å². The van der Waals surface area contributed by atoms with E-state index < -0.39 is 0 Å². The molecule has 0 atom stereocenters. The lowest BCUT2D eigenvalue weighted by atomic mass is 10.2. The Bertz CT molecular complexity index is 1360. The number of benzene rings is 2. The Morgan fingerprint density at radius 2 is 1.75 bits per heavy atom. The number of para-hydroxylation sites is 1. The molecule has 4 rings (SSSR count). The third-order valence-corrected chi connectivity index (χ3v) is 5.98. The minimum absolute atomic E-state index is 0.0530. The molecule has 2 aromatic heterocycles. The average molecular weight is 446 g/mol. The lowest BCUT2D eigenvalue weighted by molar-refractivity contribution is -0.127. The summed E-state index contributed by atoms with van der Waals surface area (Å²) in [5, 5.41) is 9.73. The Morgan fingerprint density at radius 3 is 2.44 bits per heavy atom. The fourth-order valence-corrected chi connectivity index (χ4v) is 4.35. The molecule has 0 radical (unpaired) electrons. The number of fused-ring (bicyclic) bond motifs is 3. The van der Waals surface area contributed by atoms with Crippen LogP contribution in [0.5, 0.6) is 0 Å². The van der Waals surface area contributed by atoms with Crippen molar-refractivity contribution in [3.63, 3.8) is 0 Å². The number of carbonyl (C=O) groups excluding carboxylic acids is 1. The first-order valence-corrected chi connectivity index (χ1v) is 11.1. The molecule has 8 heteroatoms. The highest BCUT2D eigenvalue weighted by molar-refractivity contribution is 7.99. The summed E-state index contributed by atoms with van der Waals surface area (Å²) in [4.78, 5) is 27.7. The smallest absolute Gasteiger partial charge is 0.267 e. The molecule has 0 aliphatic rings. The van der Waals surface area contributed by atoms with E-state index in [2.05, 4.69) is 23.4 Å². The Hall–Kier alpha value is -3.65. The van der Waals surface area contributed by atoms with Gasteiger partial charge in [-0.15, -0.1) is 23.4 Å². The van der Waals surface area contributed by atoms with Crippen LogP contribution in [0.1, 0.15) is 5.56 Å². The van der Waals surface area contributed by atoms with E-state index in [1.54, 1.807) is 27.7 Å². The largest absolute Gasteiger partial charge is 0.335 e. The molecule has 2 aromatic carbocycles. The zero-order chi connectivity index (χ0) is 22.7. The van der Waals surface area contributed by atoms with Crippen LogP contribution in [0.25, 0.3) is 22.4 Å². The van der Waals surface area contributed by atoms with Gasteiger partial charge in [0.2, 0.25) is 11.7 Å². The second kappa shape index (κ2) is 9.23. The summed E-state index contributed by atoms with van der Waals surface area (Å²) in [5.41, 5.74) is 2.34. The number of aryl methyl sites for hydroxylation is 1. The van der Waals surface area contributed by atoms with E-state index in [0.29, 0.717) is 40.6 Å². The van der Waals surface area contributed by atoms with Gasteiger partial charge in [0.15, 0.2) is 5.16 Å². The van der Waals surface area contributed by atoms with Crippen molar-refractivity contribution < 1.29 is 4.79 Å². The summed E-state index contributed by atoms with van der Waals surface area (Å²) in [6.07, 6.45) is 3.37. The highest BCUT2D eigenvalue weighted by Gasteiger charge is 2.19. The van der Waals surface area contributed by atoms with Crippen LogP contribution >= 0.6 is 11.8 Å². The quantitative estimate of drug-likeness (QED) is 0.306. The molecule has 0 saturated heterocycles. The minimum Gasteiger partial charge on any atom is -0.335 e. The number of nitrogens with zero attached hydrogens (tertiary/aromatic N) is 5. The first-order valence-electron chi connectivity index (χ1n) is 10.1. The first kappa shape index (κ1) is 21.6. The average Bonchev–Trinajstić information content (AvgIpc) is 3.22. The second-order valence-electron chi connectivity index (χ2n) is 7.28. The number of carbonyl (C=O) groups is 1. The molecule has 0 N–H and O–H groups in total. The maximum atomic E-state index is 13.3. The van der Waals surface area contributed by atoms with E-state index >= 15 is 0 Å². The second-order valence-corrected chi connectivity index (χ2v) is 8.22. The van der Waals surface area contributed by atoms with Crippen LogP contribution in [0.2, 0.25) is 0 Å². The summed E-state index contributed by atoms with van der Waals surface area (Å²) >= 11 is 1.29. The Morgan fingerprint density at radius 1 is 1.06 bits per heavy atom. The number of hydrogen-bond acceptors (Lipinski definition) is 5. The maximum Gasteiger partial charge on any atom is 0.267 e. The standard InChI is InChI=1S/C24H23N5O2S/c1-4-14-27(15-5-2)21(30)16-32-24-26-25-23-28(18-12-10-17(3)11-13-18)22(31)19-8-6-7-9-20(19)29(23)24/h4-13H,1-2,14-16H2,3H3. The zero-order valence-corrected chi connectivity index (χ0v) is 18.6. The SMILES string of the molecule is C=CCN(CC=C)C(=O)CSc1nnc2n(-c3ccc(C)cc3)c(=O)c3ccccc3n12. The van der Waals surface area contributed by atoms with Crippen molar-refractivity contribution >= 4 is 34.3 Å². The molecule has 4 aromatic rings. The maximum absolute atomic E-state index is 13.3. The van der Waals surface area contributed by atoms with Gasteiger partial charge in [-0.25, -0.2) is 4.57 Å². The monoisotopic (exact) mass is 445 g/mol. The van der Waals surface area contributed by atoms with Gasteiger partial charge in [-0.2, -0.15) is 0 Å². The third-order valence-electron chi connectivity index (χ3n) is 5.06. The van der Waals surface area contributed by atoms with Gasteiger partial charge in [0, 0.05) is 13.1 Å². The molecule has 0 saturated carbocycles. The Balaban J connectivity index is 1.81. The van der Waals surface area contributed by atoms with Gasteiger partial charge in [0.1, 0.15) is 0 Å². The first-order chi connectivity index (χ1) is 15.5. The van der Waals surface area contributed by atoms with E-state index in [9.17, 15) is 9.59 Å². The van der Waals surface area contributed by atoms with Crippen molar-refractivity contribution in [2.24, 2.45) is 0 Å². The van der Waals surface area contributed by atoms with Crippen molar-refractivity contribution in [2.75, 3.05) is 18.8 Å². The lowest BCUT2D eigenvalue weighted by Crippen LogP contribution is -2.32. The highest BCUT2D eigenvalue weighted by atomic mass is 32.2. The van der Waals surface area contributed by atoms with Crippen LogP contribution in [0.3, 0.4) is 0 Å². The number of rotatable bonds is 8. The Labute approximate surface area is 189 Å². The summed E-state index contributed by atoms with van der Waals surface area (Å²) in [7, 11) is 0.